The fraction of sp³-hybridized carbons (Fsp3) is 0.538. The van der Waals surface area contributed by atoms with E-state index in [1.54, 1.807) is 0 Å². The first-order valence-electron chi connectivity index (χ1n) is 6.08. The van der Waals surface area contributed by atoms with Gasteiger partial charge in [0.1, 0.15) is 5.75 Å². The molecular formula is C13H18N2O2. The second kappa shape index (κ2) is 4.73. The molecule has 0 aliphatic heterocycles. The third-order valence-electron chi connectivity index (χ3n) is 3.83. The lowest BCUT2D eigenvalue weighted by atomic mass is 9.67. The van der Waals surface area contributed by atoms with Crippen LogP contribution >= 0.6 is 0 Å². The third-order valence-corrected chi connectivity index (χ3v) is 3.83. The molecule has 1 aromatic rings. The van der Waals surface area contributed by atoms with Crippen molar-refractivity contribution < 1.29 is 9.90 Å². The summed E-state index contributed by atoms with van der Waals surface area (Å²) in [5.74, 6) is -0.284. The van der Waals surface area contributed by atoms with Crippen LogP contribution in [0.25, 0.3) is 0 Å². The van der Waals surface area contributed by atoms with Crippen LogP contribution in [0, 0.1) is 5.41 Å². The Bertz CT molecular complexity index is 408. The Morgan fingerprint density at radius 3 is 2.88 bits per heavy atom. The van der Waals surface area contributed by atoms with Crippen molar-refractivity contribution in [3.05, 3.63) is 24.0 Å². The Labute approximate surface area is 101 Å². The predicted octanol–water partition coefficient (Wildman–Crippen LogP) is 2.10. The number of aromatic hydroxyl groups is 1. The monoisotopic (exact) mass is 234 g/mol. The zero-order valence-electron chi connectivity index (χ0n) is 10.1. The molecule has 4 nitrogen and oxygen atoms in total. The molecule has 0 radical (unpaired) electrons. The Kier molecular flexibility index (Phi) is 3.31. The van der Waals surface area contributed by atoms with Crippen LogP contribution in [0.2, 0.25) is 0 Å². The SMILES string of the molecule is CCC1(CNC(=O)c2ccncc2O)CCC1. The lowest BCUT2D eigenvalue weighted by Gasteiger charge is -2.41. The van der Waals surface area contributed by atoms with Gasteiger partial charge in [-0.1, -0.05) is 13.3 Å². The number of pyridine rings is 1. The van der Waals surface area contributed by atoms with Crippen molar-refractivity contribution in [2.45, 2.75) is 32.6 Å². The third kappa shape index (κ3) is 2.40. The van der Waals surface area contributed by atoms with Crippen LogP contribution in [-0.4, -0.2) is 22.5 Å². The van der Waals surface area contributed by atoms with Crippen molar-refractivity contribution in [1.82, 2.24) is 10.3 Å². The average molecular weight is 234 g/mol. The number of aromatic nitrogens is 1. The number of hydrogen-bond donors (Lipinski definition) is 2. The van der Waals surface area contributed by atoms with E-state index in [4.69, 9.17) is 0 Å². The molecular weight excluding hydrogens is 216 g/mol. The van der Waals surface area contributed by atoms with Crippen molar-refractivity contribution in [2.75, 3.05) is 6.54 Å². The highest BCUT2D eigenvalue weighted by atomic mass is 16.3. The molecule has 4 heteroatoms. The lowest BCUT2D eigenvalue weighted by Crippen LogP contribution is -2.41. The molecule has 0 saturated heterocycles. The predicted molar refractivity (Wildman–Crippen MR) is 64.8 cm³/mol. The minimum Gasteiger partial charge on any atom is -0.505 e. The zero-order valence-corrected chi connectivity index (χ0v) is 10.1. The summed E-state index contributed by atoms with van der Waals surface area (Å²) in [4.78, 5) is 15.6. The van der Waals surface area contributed by atoms with Crippen molar-refractivity contribution in [1.29, 1.82) is 0 Å². The van der Waals surface area contributed by atoms with E-state index in [2.05, 4.69) is 17.2 Å². The van der Waals surface area contributed by atoms with Crippen LogP contribution in [-0.2, 0) is 0 Å². The molecule has 1 saturated carbocycles. The first-order valence-corrected chi connectivity index (χ1v) is 6.08. The summed E-state index contributed by atoms with van der Waals surface area (Å²) in [5, 5.41) is 12.4. The molecule has 1 fully saturated rings. The van der Waals surface area contributed by atoms with Crippen LogP contribution in [0.3, 0.4) is 0 Å². The van der Waals surface area contributed by atoms with Gasteiger partial charge in [-0.15, -0.1) is 0 Å². The fourth-order valence-electron chi connectivity index (χ4n) is 2.27. The van der Waals surface area contributed by atoms with Crippen LogP contribution in [0.15, 0.2) is 18.5 Å². The molecule has 2 rings (SSSR count). The van der Waals surface area contributed by atoms with E-state index in [-0.39, 0.29) is 17.1 Å². The largest absolute Gasteiger partial charge is 0.505 e. The van der Waals surface area contributed by atoms with Crippen LogP contribution in [0.1, 0.15) is 43.0 Å². The highest BCUT2D eigenvalue weighted by Crippen LogP contribution is 2.43. The smallest absolute Gasteiger partial charge is 0.255 e. The van der Waals surface area contributed by atoms with Gasteiger partial charge in [0.05, 0.1) is 11.8 Å². The van der Waals surface area contributed by atoms with Gasteiger partial charge >= 0.3 is 0 Å². The van der Waals surface area contributed by atoms with Crippen LogP contribution < -0.4 is 5.32 Å². The Balaban J connectivity index is 1.96. The minimum absolute atomic E-state index is 0.0656. The van der Waals surface area contributed by atoms with Crippen molar-refractivity contribution in [3.63, 3.8) is 0 Å². The molecule has 1 aromatic heterocycles. The number of nitrogens with zero attached hydrogens (tertiary/aromatic N) is 1. The van der Waals surface area contributed by atoms with E-state index < -0.39 is 0 Å². The highest BCUT2D eigenvalue weighted by Gasteiger charge is 2.35. The van der Waals surface area contributed by atoms with Gasteiger partial charge in [0.25, 0.3) is 5.91 Å². The quantitative estimate of drug-likeness (QED) is 0.838. The van der Waals surface area contributed by atoms with Crippen molar-refractivity contribution >= 4 is 5.91 Å². The number of carbonyl (C=O) groups excluding carboxylic acids is 1. The molecule has 0 unspecified atom stereocenters. The highest BCUT2D eigenvalue weighted by molar-refractivity contribution is 5.96. The minimum atomic E-state index is -0.218. The number of rotatable bonds is 4. The first-order chi connectivity index (χ1) is 8.17. The maximum Gasteiger partial charge on any atom is 0.255 e. The van der Waals surface area contributed by atoms with Gasteiger partial charge in [-0.25, -0.2) is 0 Å². The van der Waals surface area contributed by atoms with Gasteiger partial charge in [0.2, 0.25) is 0 Å². The second-order valence-corrected chi connectivity index (χ2v) is 4.78. The van der Waals surface area contributed by atoms with Gasteiger partial charge in [0.15, 0.2) is 0 Å². The molecule has 0 spiro atoms. The van der Waals surface area contributed by atoms with Gasteiger partial charge < -0.3 is 10.4 Å². The van der Waals surface area contributed by atoms with E-state index in [0.29, 0.717) is 12.1 Å². The zero-order chi connectivity index (χ0) is 12.3. The first kappa shape index (κ1) is 11.9. The van der Waals surface area contributed by atoms with Gasteiger partial charge in [-0.2, -0.15) is 0 Å². The molecule has 0 aromatic carbocycles. The normalized spacial score (nSPS) is 17.2. The van der Waals surface area contributed by atoms with Crippen LogP contribution in [0.5, 0.6) is 5.75 Å². The van der Waals surface area contributed by atoms with Crippen LogP contribution in [0.4, 0.5) is 0 Å². The Morgan fingerprint density at radius 2 is 2.35 bits per heavy atom. The van der Waals surface area contributed by atoms with Gasteiger partial charge in [-0.05, 0) is 30.7 Å². The average Bonchev–Trinajstić information content (AvgIpc) is 2.28. The van der Waals surface area contributed by atoms with E-state index in [1.807, 2.05) is 0 Å². The van der Waals surface area contributed by atoms with E-state index in [0.717, 1.165) is 6.42 Å². The summed E-state index contributed by atoms with van der Waals surface area (Å²) in [6.07, 6.45) is 7.51. The summed E-state index contributed by atoms with van der Waals surface area (Å²) in [6, 6.07) is 1.53. The van der Waals surface area contributed by atoms with Crippen molar-refractivity contribution in [3.8, 4) is 5.75 Å². The number of amides is 1. The number of carbonyl (C=O) groups is 1. The number of hydrogen-bond acceptors (Lipinski definition) is 3. The molecule has 92 valence electrons. The standard InChI is InChI=1S/C13H18N2O2/c1-2-13(5-3-6-13)9-15-12(17)10-4-7-14-8-11(10)16/h4,7-8,16H,2-3,5-6,9H2,1H3,(H,15,17). The summed E-state index contributed by atoms with van der Waals surface area (Å²) < 4.78 is 0. The summed E-state index contributed by atoms with van der Waals surface area (Å²) in [7, 11) is 0. The summed E-state index contributed by atoms with van der Waals surface area (Å²) in [6.45, 7) is 2.86. The Hall–Kier alpha value is -1.58. The molecule has 17 heavy (non-hydrogen) atoms. The number of nitrogens with one attached hydrogen (secondary N) is 1. The van der Waals surface area contributed by atoms with Crippen molar-refractivity contribution in [2.24, 2.45) is 5.41 Å². The molecule has 1 heterocycles. The van der Waals surface area contributed by atoms with E-state index >= 15 is 0 Å². The van der Waals surface area contributed by atoms with E-state index in [9.17, 15) is 9.90 Å². The summed E-state index contributed by atoms with van der Waals surface area (Å²) >= 11 is 0. The molecule has 0 bridgehead atoms. The summed E-state index contributed by atoms with van der Waals surface area (Å²) in [5.41, 5.74) is 0.587. The van der Waals surface area contributed by atoms with Gasteiger partial charge in [-0.3, -0.25) is 9.78 Å². The second-order valence-electron chi connectivity index (χ2n) is 4.78. The lowest BCUT2D eigenvalue weighted by molar-refractivity contribution is 0.0847. The van der Waals surface area contributed by atoms with Gasteiger partial charge in [0, 0.05) is 12.7 Å². The molecule has 1 aliphatic rings. The van der Waals surface area contributed by atoms with E-state index in [1.165, 1.54) is 37.7 Å². The molecule has 1 aliphatic carbocycles. The topological polar surface area (TPSA) is 62.2 Å². The Morgan fingerprint density at radius 1 is 1.59 bits per heavy atom. The molecule has 2 N–H and O–H groups in total. The molecule has 1 amide bonds. The fourth-order valence-corrected chi connectivity index (χ4v) is 2.27. The maximum absolute atomic E-state index is 11.9. The molecule has 0 atom stereocenters. The maximum atomic E-state index is 11.9.